The van der Waals surface area contributed by atoms with Crippen LogP contribution in [0.4, 0.5) is 0 Å². The lowest BCUT2D eigenvalue weighted by Crippen LogP contribution is -2.50. The lowest BCUT2D eigenvalue weighted by Gasteiger charge is -2.26. The molecule has 0 spiro atoms. The summed E-state index contributed by atoms with van der Waals surface area (Å²) in [5, 5.41) is 11.8. The summed E-state index contributed by atoms with van der Waals surface area (Å²) in [6.45, 7) is 4.29. The molecule has 0 heterocycles. The van der Waals surface area contributed by atoms with Crippen molar-refractivity contribution in [2.24, 2.45) is 11.5 Å². The van der Waals surface area contributed by atoms with Gasteiger partial charge in [0.25, 0.3) is 0 Å². The first-order chi connectivity index (χ1) is 5.89. The van der Waals surface area contributed by atoms with E-state index in [-0.39, 0.29) is 12.1 Å². The largest absolute Gasteiger partial charge is 0.396 e. The van der Waals surface area contributed by atoms with E-state index in [2.05, 4.69) is 5.32 Å². The maximum absolute atomic E-state index is 10.6. The molecule has 0 aliphatic carbocycles. The average molecular weight is 189 g/mol. The van der Waals surface area contributed by atoms with E-state index in [1.807, 2.05) is 13.8 Å². The van der Waals surface area contributed by atoms with Gasteiger partial charge in [-0.05, 0) is 20.3 Å². The van der Waals surface area contributed by atoms with Crippen molar-refractivity contribution < 1.29 is 9.90 Å². The van der Waals surface area contributed by atoms with E-state index < -0.39 is 11.9 Å². The smallest absolute Gasteiger partial charge is 0.235 e. The van der Waals surface area contributed by atoms with Crippen LogP contribution in [-0.4, -0.2) is 35.7 Å². The van der Waals surface area contributed by atoms with E-state index in [9.17, 15) is 4.79 Å². The Morgan fingerprint density at radius 3 is 2.54 bits per heavy atom. The summed E-state index contributed by atoms with van der Waals surface area (Å²) in [5.74, 6) is -0.521. The molecule has 0 aromatic heterocycles. The summed E-state index contributed by atoms with van der Waals surface area (Å²) < 4.78 is 0. The van der Waals surface area contributed by atoms with Crippen molar-refractivity contribution in [2.75, 3.05) is 13.2 Å². The second kappa shape index (κ2) is 5.16. The predicted octanol–water partition coefficient (Wildman–Crippen LogP) is -1.45. The number of amides is 1. The molecule has 0 saturated heterocycles. The molecular weight excluding hydrogens is 170 g/mol. The molecule has 0 fully saturated rings. The fourth-order valence-corrected chi connectivity index (χ4v) is 0.855. The third-order valence-electron chi connectivity index (χ3n) is 1.90. The zero-order valence-electron chi connectivity index (χ0n) is 8.21. The van der Waals surface area contributed by atoms with Gasteiger partial charge in [-0.3, -0.25) is 4.79 Å². The van der Waals surface area contributed by atoms with Crippen LogP contribution in [0.25, 0.3) is 0 Å². The molecule has 0 aliphatic rings. The maximum atomic E-state index is 10.6. The predicted molar refractivity (Wildman–Crippen MR) is 51.0 cm³/mol. The summed E-state index contributed by atoms with van der Waals surface area (Å²) in [6, 6.07) is -0.669. The van der Waals surface area contributed by atoms with Crippen molar-refractivity contribution in [1.29, 1.82) is 0 Å². The highest BCUT2D eigenvalue weighted by Gasteiger charge is 2.18. The molecule has 0 radical (unpaired) electrons. The SMILES string of the molecule is CC(C)(CCO)NCC(N)C(N)=O. The summed E-state index contributed by atoms with van der Waals surface area (Å²) in [5.41, 5.74) is 10.2. The van der Waals surface area contributed by atoms with Gasteiger partial charge in [-0.25, -0.2) is 0 Å². The molecule has 1 amide bonds. The topological polar surface area (TPSA) is 101 Å². The molecule has 1 atom stereocenters. The van der Waals surface area contributed by atoms with E-state index in [4.69, 9.17) is 16.6 Å². The highest BCUT2D eigenvalue weighted by molar-refractivity contribution is 5.79. The molecule has 78 valence electrons. The highest BCUT2D eigenvalue weighted by Crippen LogP contribution is 2.06. The molecule has 13 heavy (non-hydrogen) atoms. The second-order valence-corrected chi connectivity index (χ2v) is 3.75. The van der Waals surface area contributed by atoms with E-state index in [1.165, 1.54) is 0 Å². The number of aliphatic hydroxyl groups is 1. The van der Waals surface area contributed by atoms with Crippen LogP contribution in [0.2, 0.25) is 0 Å². The molecule has 5 nitrogen and oxygen atoms in total. The van der Waals surface area contributed by atoms with E-state index in [1.54, 1.807) is 0 Å². The van der Waals surface area contributed by atoms with Gasteiger partial charge < -0.3 is 21.9 Å². The zero-order valence-corrected chi connectivity index (χ0v) is 8.21. The van der Waals surface area contributed by atoms with Gasteiger partial charge in [0.1, 0.15) is 0 Å². The average Bonchev–Trinajstić information content (AvgIpc) is 2.00. The van der Waals surface area contributed by atoms with Gasteiger partial charge in [-0.2, -0.15) is 0 Å². The van der Waals surface area contributed by atoms with E-state index >= 15 is 0 Å². The minimum Gasteiger partial charge on any atom is -0.396 e. The fourth-order valence-electron chi connectivity index (χ4n) is 0.855. The van der Waals surface area contributed by atoms with Crippen molar-refractivity contribution >= 4 is 5.91 Å². The minimum absolute atomic E-state index is 0.103. The van der Waals surface area contributed by atoms with Crippen molar-refractivity contribution in [3.63, 3.8) is 0 Å². The number of aliphatic hydroxyl groups excluding tert-OH is 1. The van der Waals surface area contributed by atoms with Gasteiger partial charge in [0.15, 0.2) is 0 Å². The molecule has 0 bridgehead atoms. The molecular formula is C8H19N3O2. The number of rotatable bonds is 6. The Kier molecular flexibility index (Phi) is 4.90. The number of nitrogens with two attached hydrogens (primary N) is 2. The molecule has 1 unspecified atom stereocenters. The van der Waals surface area contributed by atoms with Crippen LogP contribution in [0.5, 0.6) is 0 Å². The van der Waals surface area contributed by atoms with Crippen LogP contribution >= 0.6 is 0 Å². The molecule has 0 aromatic carbocycles. The molecule has 0 aliphatic heterocycles. The molecule has 0 aromatic rings. The Morgan fingerprint density at radius 1 is 1.62 bits per heavy atom. The van der Waals surface area contributed by atoms with Gasteiger partial charge in [0, 0.05) is 18.7 Å². The van der Waals surface area contributed by atoms with Gasteiger partial charge in [-0.1, -0.05) is 0 Å². The summed E-state index contributed by atoms with van der Waals surface area (Å²) >= 11 is 0. The van der Waals surface area contributed by atoms with E-state index in [0.29, 0.717) is 13.0 Å². The van der Waals surface area contributed by atoms with E-state index in [0.717, 1.165) is 0 Å². The Labute approximate surface area is 78.5 Å². The normalized spacial score (nSPS) is 14.2. The number of carbonyl (C=O) groups excluding carboxylic acids is 1. The van der Waals surface area contributed by atoms with Crippen molar-refractivity contribution in [3.8, 4) is 0 Å². The Balaban J connectivity index is 3.80. The Bertz CT molecular complexity index is 171. The van der Waals surface area contributed by atoms with Gasteiger partial charge in [0.2, 0.25) is 5.91 Å². The lowest BCUT2D eigenvalue weighted by molar-refractivity contribution is -0.119. The molecule has 0 rings (SSSR count). The maximum Gasteiger partial charge on any atom is 0.235 e. The number of hydrogen-bond donors (Lipinski definition) is 4. The van der Waals surface area contributed by atoms with Gasteiger partial charge in [-0.15, -0.1) is 0 Å². The van der Waals surface area contributed by atoms with Crippen molar-refractivity contribution in [3.05, 3.63) is 0 Å². The first-order valence-corrected chi connectivity index (χ1v) is 4.30. The van der Waals surface area contributed by atoms with Crippen molar-refractivity contribution in [1.82, 2.24) is 5.32 Å². The minimum atomic E-state index is -0.669. The first-order valence-electron chi connectivity index (χ1n) is 4.30. The summed E-state index contributed by atoms with van der Waals surface area (Å²) in [7, 11) is 0. The summed E-state index contributed by atoms with van der Waals surface area (Å²) in [6.07, 6.45) is 0.610. The Hall–Kier alpha value is -0.650. The fraction of sp³-hybridized carbons (Fsp3) is 0.875. The second-order valence-electron chi connectivity index (χ2n) is 3.75. The van der Waals surface area contributed by atoms with Gasteiger partial charge >= 0.3 is 0 Å². The lowest BCUT2D eigenvalue weighted by atomic mass is 10.0. The van der Waals surface area contributed by atoms with Crippen LogP contribution in [0, 0.1) is 0 Å². The zero-order chi connectivity index (χ0) is 10.5. The van der Waals surface area contributed by atoms with Crippen molar-refractivity contribution in [2.45, 2.75) is 31.8 Å². The summed E-state index contributed by atoms with van der Waals surface area (Å²) in [4.78, 5) is 10.6. The number of nitrogens with one attached hydrogen (secondary N) is 1. The molecule has 6 N–H and O–H groups in total. The Morgan fingerprint density at radius 2 is 2.15 bits per heavy atom. The van der Waals surface area contributed by atoms with Crippen LogP contribution in [0.1, 0.15) is 20.3 Å². The van der Waals surface area contributed by atoms with Crippen LogP contribution in [-0.2, 0) is 4.79 Å². The molecule has 0 saturated carbocycles. The van der Waals surface area contributed by atoms with Crippen LogP contribution in [0.15, 0.2) is 0 Å². The molecule has 5 heteroatoms. The quantitative estimate of drug-likeness (QED) is 0.410. The van der Waals surface area contributed by atoms with Crippen LogP contribution < -0.4 is 16.8 Å². The first kappa shape index (κ1) is 12.3. The standard InChI is InChI=1S/C8H19N3O2/c1-8(2,3-4-12)11-5-6(9)7(10)13/h6,11-12H,3-5,9H2,1-2H3,(H2,10,13). The third-order valence-corrected chi connectivity index (χ3v) is 1.90. The number of carbonyl (C=O) groups is 1. The van der Waals surface area contributed by atoms with Crippen LogP contribution in [0.3, 0.4) is 0 Å². The highest BCUT2D eigenvalue weighted by atomic mass is 16.3. The van der Waals surface area contributed by atoms with Gasteiger partial charge in [0.05, 0.1) is 6.04 Å². The number of hydrogen-bond acceptors (Lipinski definition) is 4. The third kappa shape index (κ3) is 5.57. The number of primary amides is 1. The monoisotopic (exact) mass is 189 g/mol.